The second kappa shape index (κ2) is 6.36. The number of nitrogens with one attached hydrogen (secondary N) is 1. The van der Waals surface area contributed by atoms with Crippen molar-refractivity contribution in [2.24, 2.45) is 0 Å². The van der Waals surface area contributed by atoms with Crippen LogP contribution in [0.15, 0.2) is 18.2 Å². The molecule has 0 aliphatic carbocycles. The number of nitrogens with zero attached hydrogens (tertiary/aromatic N) is 2. The van der Waals surface area contributed by atoms with Gasteiger partial charge in [-0.1, -0.05) is 19.4 Å². The summed E-state index contributed by atoms with van der Waals surface area (Å²) in [7, 11) is 2.11. The van der Waals surface area contributed by atoms with Crippen LogP contribution in [0.3, 0.4) is 0 Å². The van der Waals surface area contributed by atoms with E-state index in [-0.39, 0.29) is 0 Å². The summed E-state index contributed by atoms with van der Waals surface area (Å²) in [5.41, 5.74) is 0. The van der Waals surface area contributed by atoms with Crippen molar-refractivity contribution in [3.63, 3.8) is 0 Å². The van der Waals surface area contributed by atoms with Crippen LogP contribution in [0, 0.1) is 0 Å². The Morgan fingerprint density at radius 3 is 2.75 bits per heavy atom. The molecule has 0 spiro atoms. The minimum absolute atomic E-state index is 0.536. The first kappa shape index (κ1) is 12.8. The maximum Gasteiger partial charge on any atom is 0.130 e. The Morgan fingerprint density at radius 1 is 1.38 bits per heavy atom. The standard InChI is InChI=1S/C13H23N3/c1-5-8-11(3)16(4)13-10-7-9-12(15-13)14-6-2/h7,9-11H,5-6,8H2,1-4H3,(H,14,15). The molecule has 3 nitrogen and oxygen atoms in total. The third-order valence-corrected chi connectivity index (χ3v) is 2.82. The summed E-state index contributed by atoms with van der Waals surface area (Å²) in [5, 5.41) is 3.24. The third-order valence-electron chi connectivity index (χ3n) is 2.82. The van der Waals surface area contributed by atoms with Crippen molar-refractivity contribution in [2.45, 2.75) is 39.7 Å². The molecule has 0 fully saturated rings. The van der Waals surface area contributed by atoms with Crippen molar-refractivity contribution in [2.75, 3.05) is 23.8 Å². The second-order valence-electron chi connectivity index (χ2n) is 4.16. The van der Waals surface area contributed by atoms with Gasteiger partial charge >= 0.3 is 0 Å². The van der Waals surface area contributed by atoms with Crippen molar-refractivity contribution in [1.29, 1.82) is 0 Å². The van der Waals surface area contributed by atoms with Gasteiger partial charge in [0.1, 0.15) is 11.6 Å². The molecule has 0 aliphatic heterocycles. The van der Waals surface area contributed by atoms with Gasteiger partial charge in [-0.15, -0.1) is 0 Å². The fourth-order valence-corrected chi connectivity index (χ4v) is 1.74. The van der Waals surface area contributed by atoms with E-state index < -0.39 is 0 Å². The van der Waals surface area contributed by atoms with Crippen LogP contribution in [0.4, 0.5) is 11.6 Å². The van der Waals surface area contributed by atoms with Crippen LogP contribution in [0.25, 0.3) is 0 Å². The molecule has 0 saturated carbocycles. The number of rotatable bonds is 6. The summed E-state index contributed by atoms with van der Waals surface area (Å²) in [4.78, 5) is 6.82. The van der Waals surface area contributed by atoms with E-state index in [1.165, 1.54) is 12.8 Å². The van der Waals surface area contributed by atoms with Crippen molar-refractivity contribution in [3.05, 3.63) is 18.2 Å². The van der Waals surface area contributed by atoms with Gasteiger partial charge in [0.25, 0.3) is 0 Å². The highest BCUT2D eigenvalue weighted by Gasteiger charge is 2.10. The lowest BCUT2D eigenvalue weighted by Crippen LogP contribution is -2.29. The molecule has 0 aromatic carbocycles. The third kappa shape index (κ3) is 3.40. The Kier molecular flexibility index (Phi) is 5.09. The number of hydrogen-bond acceptors (Lipinski definition) is 3. The van der Waals surface area contributed by atoms with Gasteiger partial charge in [-0.3, -0.25) is 0 Å². The lowest BCUT2D eigenvalue weighted by Gasteiger charge is -2.26. The van der Waals surface area contributed by atoms with Gasteiger partial charge in [-0.2, -0.15) is 0 Å². The monoisotopic (exact) mass is 221 g/mol. The van der Waals surface area contributed by atoms with Crippen LogP contribution in [-0.2, 0) is 0 Å². The summed E-state index contributed by atoms with van der Waals surface area (Å²) in [6.07, 6.45) is 2.40. The molecule has 0 aliphatic rings. The number of aromatic nitrogens is 1. The Balaban J connectivity index is 2.74. The van der Waals surface area contributed by atoms with E-state index in [4.69, 9.17) is 0 Å². The highest BCUT2D eigenvalue weighted by Crippen LogP contribution is 2.17. The molecule has 16 heavy (non-hydrogen) atoms. The molecule has 1 N–H and O–H groups in total. The van der Waals surface area contributed by atoms with E-state index in [1.54, 1.807) is 0 Å². The summed E-state index contributed by atoms with van der Waals surface area (Å²) in [6.45, 7) is 7.44. The SMILES string of the molecule is CCCC(C)N(C)c1cccc(NCC)n1. The van der Waals surface area contributed by atoms with Crippen LogP contribution >= 0.6 is 0 Å². The maximum atomic E-state index is 4.58. The van der Waals surface area contributed by atoms with Gasteiger partial charge in [0.2, 0.25) is 0 Å². The van der Waals surface area contributed by atoms with Gasteiger partial charge in [0.05, 0.1) is 0 Å². The fourth-order valence-electron chi connectivity index (χ4n) is 1.74. The molecular weight excluding hydrogens is 198 g/mol. The van der Waals surface area contributed by atoms with E-state index >= 15 is 0 Å². The zero-order chi connectivity index (χ0) is 12.0. The van der Waals surface area contributed by atoms with Gasteiger partial charge in [-0.25, -0.2) is 4.98 Å². The lowest BCUT2D eigenvalue weighted by atomic mass is 10.2. The quantitative estimate of drug-likeness (QED) is 0.800. The number of hydrogen-bond donors (Lipinski definition) is 1. The molecule has 90 valence electrons. The predicted octanol–water partition coefficient (Wildman–Crippen LogP) is 3.14. The van der Waals surface area contributed by atoms with E-state index in [9.17, 15) is 0 Å². The number of anilines is 2. The molecule has 0 radical (unpaired) electrons. The van der Waals surface area contributed by atoms with Crippen molar-refractivity contribution in [1.82, 2.24) is 4.98 Å². The molecule has 1 aromatic heterocycles. The summed E-state index contributed by atoms with van der Waals surface area (Å²) in [5.74, 6) is 2.00. The van der Waals surface area contributed by atoms with Crippen LogP contribution in [0.1, 0.15) is 33.6 Å². The summed E-state index contributed by atoms with van der Waals surface area (Å²) >= 11 is 0. The van der Waals surface area contributed by atoms with Gasteiger partial charge in [0.15, 0.2) is 0 Å². The first-order chi connectivity index (χ1) is 7.69. The highest BCUT2D eigenvalue weighted by molar-refractivity contribution is 5.47. The molecule has 1 aromatic rings. The van der Waals surface area contributed by atoms with Crippen molar-refractivity contribution in [3.8, 4) is 0 Å². The zero-order valence-corrected chi connectivity index (χ0v) is 10.8. The van der Waals surface area contributed by atoms with E-state index in [0.29, 0.717) is 6.04 Å². The minimum Gasteiger partial charge on any atom is -0.370 e. The first-order valence-corrected chi connectivity index (χ1v) is 6.12. The summed E-state index contributed by atoms with van der Waals surface area (Å²) < 4.78 is 0. The van der Waals surface area contributed by atoms with Gasteiger partial charge in [0, 0.05) is 19.6 Å². The molecular formula is C13H23N3. The first-order valence-electron chi connectivity index (χ1n) is 6.12. The minimum atomic E-state index is 0.536. The van der Waals surface area contributed by atoms with E-state index in [2.05, 4.69) is 55.2 Å². The summed E-state index contributed by atoms with van der Waals surface area (Å²) in [6, 6.07) is 6.66. The van der Waals surface area contributed by atoms with Crippen molar-refractivity contribution < 1.29 is 0 Å². The molecule has 1 rings (SSSR count). The van der Waals surface area contributed by atoms with Crippen LogP contribution < -0.4 is 10.2 Å². The average molecular weight is 221 g/mol. The van der Waals surface area contributed by atoms with Crippen LogP contribution in [-0.4, -0.2) is 24.6 Å². The Labute approximate surface area is 98.9 Å². The Morgan fingerprint density at radius 2 is 2.12 bits per heavy atom. The van der Waals surface area contributed by atoms with Gasteiger partial charge in [-0.05, 0) is 32.4 Å². The number of pyridine rings is 1. The van der Waals surface area contributed by atoms with Crippen molar-refractivity contribution >= 4 is 11.6 Å². The molecule has 1 atom stereocenters. The molecule has 0 saturated heterocycles. The van der Waals surface area contributed by atoms with E-state index in [0.717, 1.165) is 18.2 Å². The van der Waals surface area contributed by atoms with Crippen LogP contribution in [0.5, 0.6) is 0 Å². The zero-order valence-electron chi connectivity index (χ0n) is 10.8. The lowest BCUT2D eigenvalue weighted by molar-refractivity contribution is 0.611. The Hall–Kier alpha value is -1.25. The smallest absolute Gasteiger partial charge is 0.130 e. The fraction of sp³-hybridized carbons (Fsp3) is 0.615. The topological polar surface area (TPSA) is 28.2 Å². The Bertz CT molecular complexity index is 312. The largest absolute Gasteiger partial charge is 0.370 e. The normalized spacial score (nSPS) is 12.2. The highest BCUT2D eigenvalue weighted by atomic mass is 15.2. The molecule has 0 bridgehead atoms. The second-order valence-corrected chi connectivity index (χ2v) is 4.16. The van der Waals surface area contributed by atoms with Gasteiger partial charge < -0.3 is 10.2 Å². The molecule has 0 amide bonds. The molecule has 3 heteroatoms. The predicted molar refractivity (Wildman–Crippen MR) is 71.2 cm³/mol. The molecule has 1 unspecified atom stereocenters. The van der Waals surface area contributed by atoms with Crippen LogP contribution in [0.2, 0.25) is 0 Å². The maximum absolute atomic E-state index is 4.58. The van der Waals surface area contributed by atoms with E-state index in [1.807, 2.05) is 6.07 Å². The average Bonchev–Trinajstić information content (AvgIpc) is 2.29. The molecule has 1 heterocycles.